The van der Waals surface area contributed by atoms with Gasteiger partial charge in [-0.3, -0.25) is 9.51 Å². The van der Waals surface area contributed by atoms with E-state index in [9.17, 15) is 14.7 Å². The van der Waals surface area contributed by atoms with Crippen molar-refractivity contribution >= 4 is 23.1 Å². The molecule has 192 valence electrons. The fourth-order valence-corrected chi connectivity index (χ4v) is 4.78. The predicted molar refractivity (Wildman–Crippen MR) is 142 cm³/mol. The normalized spacial score (nSPS) is 14.1. The van der Waals surface area contributed by atoms with Crippen LogP contribution >= 0.6 is 0 Å². The molecule has 38 heavy (non-hydrogen) atoms. The minimum absolute atomic E-state index is 0.0603. The molecule has 0 aliphatic heterocycles. The Labute approximate surface area is 217 Å². The van der Waals surface area contributed by atoms with E-state index in [-0.39, 0.29) is 11.6 Å². The van der Waals surface area contributed by atoms with Gasteiger partial charge in [0, 0.05) is 12.1 Å². The molecule has 6 rings (SSSR count). The second-order valence-electron chi connectivity index (χ2n) is 9.84. The van der Waals surface area contributed by atoms with Crippen LogP contribution in [0, 0.1) is 12.8 Å². The van der Waals surface area contributed by atoms with Crippen LogP contribution in [0.4, 0.5) is 6.01 Å². The van der Waals surface area contributed by atoms with Gasteiger partial charge in [0.2, 0.25) is 0 Å². The Bertz CT molecular complexity index is 1690. The molecule has 5 aromatic rings. The topological polar surface area (TPSA) is 125 Å². The van der Waals surface area contributed by atoms with Crippen LogP contribution in [0.1, 0.15) is 47.3 Å². The van der Waals surface area contributed by atoms with E-state index in [0.29, 0.717) is 28.9 Å². The summed E-state index contributed by atoms with van der Waals surface area (Å²) in [5, 5.41) is 13.5. The van der Waals surface area contributed by atoms with Crippen LogP contribution in [0.2, 0.25) is 0 Å². The van der Waals surface area contributed by atoms with Crippen LogP contribution in [-0.4, -0.2) is 32.7 Å². The second kappa shape index (κ2) is 9.33. The molecule has 1 aliphatic rings. The number of rotatable bonds is 8. The van der Waals surface area contributed by atoms with Crippen molar-refractivity contribution in [3.05, 3.63) is 87.9 Å². The highest BCUT2D eigenvalue weighted by Crippen LogP contribution is 2.38. The van der Waals surface area contributed by atoms with Crippen LogP contribution in [-0.2, 0) is 0 Å². The van der Waals surface area contributed by atoms with Gasteiger partial charge >= 0.3 is 11.7 Å². The number of aromatic nitrogens is 3. The van der Waals surface area contributed by atoms with Crippen LogP contribution in [0.5, 0.6) is 0 Å². The molecule has 2 heterocycles. The van der Waals surface area contributed by atoms with Gasteiger partial charge < -0.3 is 14.4 Å². The third-order valence-corrected chi connectivity index (χ3v) is 7.08. The predicted octanol–water partition coefficient (Wildman–Crippen LogP) is 5.82. The first kappa shape index (κ1) is 23.7. The maximum atomic E-state index is 11.7. The van der Waals surface area contributed by atoms with Gasteiger partial charge in [-0.25, -0.2) is 9.59 Å². The molecule has 3 aromatic carbocycles. The van der Waals surface area contributed by atoms with Gasteiger partial charge in [0.05, 0.1) is 11.6 Å². The molecule has 9 nitrogen and oxygen atoms in total. The lowest BCUT2D eigenvalue weighted by atomic mass is 9.95. The first-order chi connectivity index (χ1) is 18.4. The molecular formula is C29H26N4O5. The molecule has 0 unspecified atom stereocenters. The van der Waals surface area contributed by atoms with Crippen LogP contribution in [0.3, 0.4) is 0 Å². The van der Waals surface area contributed by atoms with Crippen molar-refractivity contribution in [1.29, 1.82) is 0 Å². The highest BCUT2D eigenvalue weighted by atomic mass is 16.5. The van der Waals surface area contributed by atoms with Gasteiger partial charge in [-0.15, -0.1) is 0 Å². The van der Waals surface area contributed by atoms with Crippen molar-refractivity contribution in [3.8, 4) is 22.5 Å². The van der Waals surface area contributed by atoms with E-state index in [1.165, 1.54) is 0 Å². The lowest BCUT2D eigenvalue weighted by molar-refractivity contribution is 0.0699. The summed E-state index contributed by atoms with van der Waals surface area (Å²) in [4.78, 5) is 32.6. The van der Waals surface area contributed by atoms with Gasteiger partial charge in [0.1, 0.15) is 5.52 Å². The highest BCUT2D eigenvalue weighted by molar-refractivity contribution is 6.00. The Morgan fingerprint density at radius 2 is 1.92 bits per heavy atom. The number of hydrogen-bond donors (Lipinski definition) is 2. The monoisotopic (exact) mass is 510 g/mol. The number of hydrogen-bond acceptors (Lipinski definition) is 7. The van der Waals surface area contributed by atoms with Gasteiger partial charge in [0.25, 0.3) is 6.01 Å². The summed E-state index contributed by atoms with van der Waals surface area (Å²) in [6.07, 6.45) is 2.31. The number of aromatic carboxylic acids is 1. The number of carboxylic acids is 1. The molecule has 2 N–H and O–H groups in total. The standard InChI is InChI=1S/C29H26N4O5/c1-16-6-13-21(26-31-29(36)38-32-26)23(14-16)20-11-9-19(10-12-20)17(2)33(15-18-7-8-18)28-30-25-22(27(34)35)4-3-5-24(25)37-28/h3-6,9-14,17-18H,7-8,15H2,1-2H3,(H,34,35)(H,31,32,36)/t17-/m1/s1. The number of anilines is 1. The molecular weight excluding hydrogens is 484 g/mol. The van der Waals surface area contributed by atoms with E-state index in [1.54, 1.807) is 18.2 Å². The maximum Gasteiger partial charge on any atom is 0.439 e. The molecule has 1 saturated carbocycles. The first-order valence-electron chi connectivity index (χ1n) is 12.5. The number of carbonyl (C=O) groups is 1. The lowest BCUT2D eigenvalue weighted by Gasteiger charge is -2.28. The van der Waals surface area contributed by atoms with Crippen LogP contribution in [0.15, 0.2) is 74.4 Å². The van der Waals surface area contributed by atoms with Crippen molar-refractivity contribution in [2.45, 2.75) is 32.7 Å². The summed E-state index contributed by atoms with van der Waals surface area (Å²) in [5.41, 5.74) is 5.78. The molecule has 2 aromatic heterocycles. The zero-order valence-electron chi connectivity index (χ0n) is 21.0. The average Bonchev–Trinajstić information content (AvgIpc) is 3.47. The summed E-state index contributed by atoms with van der Waals surface area (Å²) in [6, 6.07) is 19.5. The number of benzene rings is 3. The van der Waals surface area contributed by atoms with Crippen molar-refractivity contribution in [2.75, 3.05) is 11.4 Å². The van der Waals surface area contributed by atoms with Gasteiger partial charge in [-0.1, -0.05) is 59.3 Å². The van der Waals surface area contributed by atoms with E-state index in [2.05, 4.69) is 45.1 Å². The fraction of sp³-hybridized carbons (Fsp3) is 0.241. The van der Waals surface area contributed by atoms with Crippen molar-refractivity contribution < 1.29 is 18.8 Å². The summed E-state index contributed by atoms with van der Waals surface area (Å²) in [5.74, 6) is -0.681. The molecule has 1 atom stereocenters. The first-order valence-corrected chi connectivity index (χ1v) is 12.5. The van der Waals surface area contributed by atoms with Crippen molar-refractivity contribution in [2.24, 2.45) is 5.92 Å². The Balaban J connectivity index is 1.34. The summed E-state index contributed by atoms with van der Waals surface area (Å²) < 4.78 is 10.8. The Morgan fingerprint density at radius 3 is 2.61 bits per heavy atom. The molecule has 1 aliphatic carbocycles. The van der Waals surface area contributed by atoms with Gasteiger partial charge in [-0.2, -0.15) is 4.98 Å². The summed E-state index contributed by atoms with van der Waals surface area (Å²) in [7, 11) is 0. The zero-order chi connectivity index (χ0) is 26.4. The SMILES string of the molecule is Cc1ccc(-c2noc(=O)[nH]2)c(-c2ccc([C@@H](C)N(CC3CC3)c3nc4c(C(=O)O)cccc4o3)cc2)c1. The number of nitrogens with one attached hydrogen (secondary N) is 1. The lowest BCUT2D eigenvalue weighted by Crippen LogP contribution is -2.29. The minimum Gasteiger partial charge on any atom is -0.478 e. The van der Waals surface area contributed by atoms with E-state index >= 15 is 0 Å². The quantitative estimate of drug-likeness (QED) is 0.267. The number of fused-ring (bicyclic) bond motifs is 1. The number of aromatic amines is 1. The van der Waals surface area contributed by atoms with Crippen LogP contribution in [0.25, 0.3) is 33.6 Å². The molecule has 1 fully saturated rings. The zero-order valence-corrected chi connectivity index (χ0v) is 21.0. The Hall–Kier alpha value is -4.66. The van der Waals surface area contributed by atoms with Crippen LogP contribution < -0.4 is 10.7 Å². The summed E-state index contributed by atoms with van der Waals surface area (Å²) in [6.45, 7) is 4.89. The Morgan fingerprint density at radius 1 is 1.13 bits per heavy atom. The smallest absolute Gasteiger partial charge is 0.439 e. The number of para-hydroxylation sites is 1. The molecule has 0 spiro atoms. The maximum absolute atomic E-state index is 11.7. The number of oxazole rings is 1. The number of carboxylic acid groups (broad SMARTS) is 1. The third-order valence-electron chi connectivity index (χ3n) is 7.08. The minimum atomic E-state index is -1.03. The van der Waals surface area contributed by atoms with E-state index in [4.69, 9.17) is 8.94 Å². The second-order valence-corrected chi connectivity index (χ2v) is 9.84. The third kappa shape index (κ3) is 4.47. The van der Waals surface area contributed by atoms with E-state index in [1.807, 2.05) is 31.2 Å². The average molecular weight is 511 g/mol. The highest BCUT2D eigenvalue weighted by Gasteiger charge is 2.30. The molecule has 0 saturated heterocycles. The van der Waals surface area contributed by atoms with Gasteiger partial charge in [-0.05, 0) is 61.4 Å². The molecule has 0 amide bonds. The van der Waals surface area contributed by atoms with E-state index in [0.717, 1.165) is 47.2 Å². The summed E-state index contributed by atoms with van der Waals surface area (Å²) >= 11 is 0. The van der Waals surface area contributed by atoms with Crippen molar-refractivity contribution in [1.82, 2.24) is 15.1 Å². The number of H-pyrrole nitrogens is 1. The largest absolute Gasteiger partial charge is 0.478 e. The van der Waals surface area contributed by atoms with Gasteiger partial charge in [0.15, 0.2) is 11.4 Å². The molecule has 9 heteroatoms. The van der Waals surface area contributed by atoms with E-state index < -0.39 is 11.7 Å². The molecule has 0 radical (unpaired) electrons. The molecule has 0 bridgehead atoms. The Kier molecular flexibility index (Phi) is 5.83. The fourth-order valence-electron chi connectivity index (χ4n) is 4.78. The number of nitrogens with zero attached hydrogens (tertiary/aromatic N) is 3. The number of aryl methyl sites for hydroxylation is 1. The van der Waals surface area contributed by atoms with Crippen molar-refractivity contribution in [3.63, 3.8) is 0 Å².